The summed E-state index contributed by atoms with van der Waals surface area (Å²) in [6.07, 6.45) is 1.45. The molecule has 0 bridgehead atoms. The topological polar surface area (TPSA) is 76.6 Å². The van der Waals surface area contributed by atoms with Crippen LogP contribution in [0.3, 0.4) is 0 Å². The Bertz CT molecular complexity index is 731. The van der Waals surface area contributed by atoms with Crippen molar-refractivity contribution in [1.29, 1.82) is 0 Å². The molecule has 0 aliphatic rings. The summed E-state index contributed by atoms with van der Waals surface area (Å²) >= 11 is 0. The van der Waals surface area contributed by atoms with E-state index in [-0.39, 0.29) is 18.1 Å². The second-order valence-electron chi connectivity index (χ2n) is 5.99. The second-order valence-corrected chi connectivity index (χ2v) is 5.99. The van der Waals surface area contributed by atoms with Crippen LogP contribution in [0.2, 0.25) is 0 Å². The van der Waals surface area contributed by atoms with Crippen LogP contribution in [0.1, 0.15) is 27.7 Å². The van der Waals surface area contributed by atoms with Gasteiger partial charge in [-0.2, -0.15) is 0 Å². The van der Waals surface area contributed by atoms with Gasteiger partial charge in [0.15, 0.2) is 11.5 Å². The minimum atomic E-state index is -0.199. The molecular formula is C17H24N4O3. The van der Waals surface area contributed by atoms with Crippen LogP contribution < -0.4 is 19.7 Å². The third-order valence-electron chi connectivity index (χ3n) is 3.50. The van der Waals surface area contributed by atoms with Crippen LogP contribution >= 0.6 is 0 Å². The number of amides is 2. The maximum absolute atomic E-state index is 12.6. The Morgan fingerprint density at radius 1 is 1.08 bits per heavy atom. The molecular weight excluding hydrogens is 308 g/mol. The molecule has 0 fully saturated rings. The van der Waals surface area contributed by atoms with E-state index >= 15 is 0 Å². The van der Waals surface area contributed by atoms with Gasteiger partial charge >= 0.3 is 6.03 Å². The van der Waals surface area contributed by atoms with Crippen molar-refractivity contribution in [2.24, 2.45) is 0 Å². The van der Waals surface area contributed by atoms with E-state index in [2.05, 4.69) is 15.3 Å². The fraction of sp³-hybridized carbons (Fsp3) is 0.471. The number of aromatic nitrogens is 2. The van der Waals surface area contributed by atoms with Crippen LogP contribution in [0.5, 0.6) is 11.5 Å². The maximum atomic E-state index is 12.6. The summed E-state index contributed by atoms with van der Waals surface area (Å²) in [6.45, 7) is 7.72. The summed E-state index contributed by atoms with van der Waals surface area (Å²) in [5, 5.41) is 3.63. The lowest BCUT2D eigenvalue weighted by Gasteiger charge is -2.28. The molecule has 0 unspecified atom stereocenters. The van der Waals surface area contributed by atoms with Crippen LogP contribution in [0.15, 0.2) is 18.5 Å². The van der Waals surface area contributed by atoms with Gasteiger partial charge in [0.1, 0.15) is 12.1 Å². The van der Waals surface area contributed by atoms with Crippen molar-refractivity contribution in [1.82, 2.24) is 15.3 Å². The smallest absolute Gasteiger partial charge is 0.323 e. The molecule has 24 heavy (non-hydrogen) atoms. The predicted octanol–water partition coefficient (Wildman–Crippen LogP) is 2.98. The Morgan fingerprint density at radius 3 is 2.25 bits per heavy atom. The molecule has 2 amide bonds. The lowest BCUT2D eigenvalue weighted by atomic mass is 10.2. The molecule has 2 rings (SSSR count). The molecule has 2 aromatic rings. The minimum absolute atomic E-state index is 0.0291. The van der Waals surface area contributed by atoms with E-state index in [4.69, 9.17) is 9.47 Å². The van der Waals surface area contributed by atoms with E-state index in [0.717, 1.165) is 5.39 Å². The highest BCUT2D eigenvalue weighted by molar-refractivity contribution is 6.01. The van der Waals surface area contributed by atoms with Crippen molar-refractivity contribution >= 4 is 22.8 Å². The lowest BCUT2D eigenvalue weighted by Crippen LogP contribution is -2.47. The van der Waals surface area contributed by atoms with Crippen molar-refractivity contribution in [3.63, 3.8) is 0 Å². The largest absolute Gasteiger partial charge is 0.493 e. The molecule has 7 nitrogen and oxygen atoms in total. The van der Waals surface area contributed by atoms with E-state index in [9.17, 15) is 4.79 Å². The van der Waals surface area contributed by atoms with Crippen molar-refractivity contribution in [3.8, 4) is 11.5 Å². The monoisotopic (exact) mass is 332 g/mol. The molecule has 0 spiro atoms. The van der Waals surface area contributed by atoms with Gasteiger partial charge in [-0.3, -0.25) is 4.90 Å². The molecule has 7 heteroatoms. The van der Waals surface area contributed by atoms with E-state index in [1.54, 1.807) is 31.3 Å². The lowest BCUT2D eigenvalue weighted by molar-refractivity contribution is 0.242. The third kappa shape index (κ3) is 3.50. The Hall–Kier alpha value is -2.57. The number of urea groups is 1. The van der Waals surface area contributed by atoms with Crippen LogP contribution in [0.25, 0.3) is 10.9 Å². The van der Waals surface area contributed by atoms with Gasteiger partial charge < -0.3 is 14.8 Å². The van der Waals surface area contributed by atoms with Gasteiger partial charge in [0.05, 0.1) is 19.7 Å². The molecule has 0 saturated heterocycles. The van der Waals surface area contributed by atoms with Gasteiger partial charge in [-0.1, -0.05) is 0 Å². The van der Waals surface area contributed by atoms with Gasteiger partial charge in [0.2, 0.25) is 0 Å². The number of rotatable bonds is 5. The fourth-order valence-corrected chi connectivity index (χ4v) is 2.45. The van der Waals surface area contributed by atoms with Crippen molar-refractivity contribution < 1.29 is 14.3 Å². The van der Waals surface area contributed by atoms with Gasteiger partial charge in [0.25, 0.3) is 0 Å². The number of hydrogen-bond acceptors (Lipinski definition) is 5. The highest BCUT2D eigenvalue weighted by Gasteiger charge is 2.24. The first kappa shape index (κ1) is 17.8. The SMILES string of the molecule is COc1cc2ncnc(N(C(=O)NC(C)C)C(C)C)c2cc1OC. The number of nitrogens with zero attached hydrogens (tertiary/aromatic N) is 3. The fourth-order valence-electron chi connectivity index (χ4n) is 2.45. The molecule has 0 saturated carbocycles. The Morgan fingerprint density at radius 2 is 1.71 bits per heavy atom. The Labute approximate surface area is 142 Å². The first-order chi connectivity index (χ1) is 11.4. The summed E-state index contributed by atoms with van der Waals surface area (Å²) < 4.78 is 10.7. The number of nitrogens with one attached hydrogen (secondary N) is 1. The predicted molar refractivity (Wildman–Crippen MR) is 93.9 cm³/mol. The van der Waals surface area contributed by atoms with Gasteiger partial charge in [-0.05, 0) is 33.8 Å². The summed E-state index contributed by atoms with van der Waals surface area (Å²) in [6, 6.07) is 3.32. The number of anilines is 1. The maximum Gasteiger partial charge on any atom is 0.323 e. The molecule has 0 aliphatic heterocycles. The Kier molecular flexibility index (Phi) is 5.43. The molecule has 1 heterocycles. The van der Waals surface area contributed by atoms with Crippen molar-refractivity contribution in [2.45, 2.75) is 39.8 Å². The quantitative estimate of drug-likeness (QED) is 0.911. The molecule has 0 atom stereocenters. The number of carbonyl (C=O) groups is 1. The summed E-state index contributed by atoms with van der Waals surface area (Å²) in [5.74, 6) is 1.68. The zero-order valence-corrected chi connectivity index (χ0v) is 15.0. The van der Waals surface area contributed by atoms with Gasteiger partial charge in [-0.25, -0.2) is 14.8 Å². The summed E-state index contributed by atoms with van der Waals surface area (Å²) in [4.78, 5) is 22.9. The zero-order valence-electron chi connectivity index (χ0n) is 15.0. The highest BCUT2D eigenvalue weighted by Crippen LogP contribution is 2.35. The number of ether oxygens (including phenoxy) is 2. The molecule has 0 radical (unpaired) electrons. The normalized spacial score (nSPS) is 11.0. The van der Waals surface area contributed by atoms with E-state index < -0.39 is 0 Å². The number of carbonyl (C=O) groups excluding carboxylic acids is 1. The third-order valence-corrected chi connectivity index (χ3v) is 3.50. The van der Waals surface area contributed by atoms with Crippen LogP contribution in [0.4, 0.5) is 10.6 Å². The molecule has 1 aromatic carbocycles. The van der Waals surface area contributed by atoms with Gasteiger partial charge in [0, 0.05) is 23.5 Å². The minimum Gasteiger partial charge on any atom is -0.493 e. The molecule has 1 aromatic heterocycles. The van der Waals surface area contributed by atoms with E-state index in [1.807, 2.05) is 27.7 Å². The number of methoxy groups -OCH3 is 2. The average molecular weight is 332 g/mol. The first-order valence-electron chi connectivity index (χ1n) is 7.85. The molecule has 130 valence electrons. The van der Waals surface area contributed by atoms with Crippen LogP contribution in [-0.4, -0.2) is 42.3 Å². The van der Waals surface area contributed by atoms with Crippen molar-refractivity contribution in [3.05, 3.63) is 18.5 Å². The molecule has 1 N–H and O–H groups in total. The summed E-state index contributed by atoms with van der Waals surface area (Å²) in [7, 11) is 3.14. The standard InChI is InChI=1S/C17H24N4O3/c1-10(2)20-17(22)21(11(3)4)16-12-7-14(23-5)15(24-6)8-13(12)18-9-19-16/h7-11H,1-6H3,(H,20,22). The first-order valence-corrected chi connectivity index (χ1v) is 7.85. The Balaban J connectivity index is 2.62. The van der Waals surface area contributed by atoms with Crippen LogP contribution in [0, 0.1) is 0 Å². The van der Waals surface area contributed by atoms with Crippen molar-refractivity contribution in [2.75, 3.05) is 19.1 Å². The number of hydrogen-bond donors (Lipinski definition) is 1. The zero-order chi connectivity index (χ0) is 17.9. The summed E-state index contributed by atoms with van der Waals surface area (Å²) in [5.41, 5.74) is 0.681. The average Bonchev–Trinajstić information content (AvgIpc) is 2.52. The van der Waals surface area contributed by atoms with E-state index in [0.29, 0.717) is 22.8 Å². The van der Waals surface area contributed by atoms with Gasteiger partial charge in [-0.15, -0.1) is 0 Å². The highest BCUT2D eigenvalue weighted by atomic mass is 16.5. The van der Waals surface area contributed by atoms with Crippen LogP contribution in [-0.2, 0) is 0 Å². The second kappa shape index (κ2) is 7.33. The van der Waals surface area contributed by atoms with E-state index in [1.165, 1.54) is 6.33 Å². The number of benzene rings is 1. The molecule has 0 aliphatic carbocycles. The number of fused-ring (bicyclic) bond motifs is 1.